The molecule has 0 atom stereocenters. The van der Waals surface area contributed by atoms with Crippen LogP contribution >= 0.6 is 23.4 Å². The second kappa shape index (κ2) is 10.9. The van der Waals surface area contributed by atoms with Gasteiger partial charge in [0.1, 0.15) is 18.2 Å². The van der Waals surface area contributed by atoms with Crippen LogP contribution in [0, 0.1) is 5.82 Å². The first kappa shape index (κ1) is 21.2. The van der Waals surface area contributed by atoms with Crippen LogP contribution < -0.4 is 10.1 Å². The molecule has 29 heavy (non-hydrogen) atoms. The van der Waals surface area contributed by atoms with Crippen molar-refractivity contribution < 1.29 is 13.9 Å². The predicted molar refractivity (Wildman–Crippen MR) is 117 cm³/mol. The van der Waals surface area contributed by atoms with Crippen molar-refractivity contribution in [2.75, 3.05) is 12.3 Å². The van der Waals surface area contributed by atoms with Gasteiger partial charge in [-0.25, -0.2) is 4.39 Å². The second-order valence-electron chi connectivity index (χ2n) is 6.31. The topological polar surface area (TPSA) is 38.3 Å². The van der Waals surface area contributed by atoms with E-state index in [9.17, 15) is 9.18 Å². The number of carbonyl (C=O) groups is 1. The highest BCUT2D eigenvalue weighted by Gasteiger charge is 2.08. The lowest BCUT2D eigenvalue weighted by Gasteiger charge is -2.09. The molecule has 0 aromatic heterocycles. The quantitative estimate of drug-likeness (QED) is 0.442. The molecule has 3 rings (SSSR count). The smallest absolute Gasteiger partial charge is 0.251 e. The highest BCUT2D eigenvalue weighted by molar-refractivity contribution is 7.98. The molecule has 0 aliphatic heterocycles. The molecule has 3 nitrogen and oxygen atoms in total. The molecule has 0 fully saturated rings. The Morgan fingerprint density at radius 1 is 1.03 bits per heavy atom. The fourth-order valence-electron chi connectivity index (χ4n) is 2.65. The van der Waals surface area contributed by atoms with Gasteiger partial charge in [0.15, 0.2) is 0 Å². The Labute approximate surface area is 179 Å². The number of hydrogen-bond acceptors (Lipinski definition) is 3. The summed E-state index contributed by atoms with van der Waals surface area (Å²) in [6, 6.07) is 21.6. The van der Waals surface area contributed by atoms with Crippen LogP contribution in [0.3, 0.4) is 0 Å². The molecule has 0 radical (unpaired) electrons. The van der Waals surface area contributed by atoms with E-state index in [4.69, 9.17) is 16.3 Å². The summed E-state index contributed by atoms with van der Waals surface area (Å²) in [5.41, 5.74) is 2.10. The van der Waals surface area contributed by atoms with E-state index < -0.39 is 0 Å². The van der Waals surface area contributed by atoms with E-state index in [0.717, 1.165) is 5.56 Å². The van der Waals surface area contributed by atoms with E-state index in [1.807, 2.05) is 36.4 Å². The number of thioether (sulfide) groups is 1. The first-order valence-corrected chi connectivity index (χ1v) is 10.7. The van der Waals surface area contributed by atoms with Gasteiger partial charge < -0.3 is 10.1 Å². The van der Waals surface area contributed by atoms with Crippen LogP contribution in [0.5, 0.6) is 5.75 Å². The Balaban J connectivity index is 1.43. The molecule has 6 heteroatoms. The molecule has 0 aliphatic rings. The lowest BCUT2D eigenvalue weighted by Crippen LogP contribution is -2.25. The zero-order valence-electron chi connectivity index (χ0n) is 15.7. The second-order valence-corrected chi connectivity index (χ2v) is 7.82. The van der Waals surface area contributed by atoms with Gasteiger partial charge in [-0.05, 0) is 35.9 Å². The Morgan fingerprint density at radius 3 is 2.62 bits per heavy atom. The van der Waals surface area contributed by atoms with Crippen LogP contribution in [0.4, 0.5) is 4.39 Å². The predicted octanol–water partition coefficient (Wildman–Crippen LogP) is 5.72. The van der Waals surface area contributed by atoms with Crippen LogP contribution in [0.2, 0.25) is 5.02 Å². The average molecular weight is 430 g/mol. The van der Waals surface area contributed by atoms with Crippen molar-refractivity contribution in [1.29, 1.82) is 0 Å². The molecular formula is C23H21ClFNO2S. The maximum absolute atomic E-state index is 13.7. The number of halogens is 2. The van der Waals surface area contributed by atoms with E-state index in [0.29, 0.717) is 46.6 Å². The van der Waals surface area contributed by atoms with Gasteiger partial charge in [0.25, 0.3) is 5.91 Å². The molecule has 0 spiro atoms. The minimum atomic E-state index is -0.304. The van der Waals surface area contributed by atoms with E-state index in [-0.39, 0.29) is 11.7 Å². The largest absolute Gasteiger partial charge is 0.489 e. The zero-order chi connectivity index (χ0) is 20.5. The van der Waals surface area contributed by atoms with Crippen molar-refractivity contribution in [2.45, 2.75) is 12.4 Å². The molecule has 0 saturated carbocycles. The fraction of sp³-hybridized carbons (Fsp3) is 0.174. The van der Waals surface area contributed by atoms with Crippen molar-refractivity contribution in [3.63, 3.8) is 0 Å². The Morgan fingerprint density at radius 2 is 1.83 bits per heavy atom. The maximum atomic E-state index is 13.7. The third-order valence-corrected chi connectivity index (χ3v) is 5.52. The summed E-state index contributed by atoms with van der Waals surface area (Å²) >= 11 is 7.53. The van der Waals surface area contributed by atoms with Gasteiger partial charge in [-0.3, -0.25) is 4.79 Å². The Kier molecular flexibility index (Phi) is 7.96. The van der Waals surface area contributed by atoms with Crippen molar-refractivity contribution in [3.05, 3.63) is 100 Å². The van der Waals surface area contributed by atoms with E-state index in [1.54, 1.807) is 30.3 Å². The molecular weight excluding hydrogens is 409 g/mol. The minimum absolute atomic E-state index is 0.167. The summed E-state index contributed by atoms with van der Waals surface area (Å²) in [6.45, 7) is 0.922. The van der Waals surface area contributed by atoms with Crippen molar-refractivity contribution in [1.82, 2.24) is 5.32 Å². The first-order valence-electron chi connectivity index (χ1n) is 9.19. The number of nitrogens with one attached hydrogen (secondary N) is 1. The first-order chi connectivity index (χ1) is 14.1. The van der Waals surface area contributed by atoms with Crippen LogP contribution in [0.25, 0.3) is 0 Å². The van der Waals surface area contributed by atoms with Crippen molar-refractivity contribution in [2.24, 2.45) is 0 Å². The van der Waals surface area contributed by atoms with Crippen LogP contribution in [-0.4, -0.2) is 18.2 Å². The minimum Gasteiger partial charge on any atom is -0.489 e. The van der Waals surface area contributed by atoms with Gasteiger partial charge in [-0.1, -0.05) is 54.1 Å². The highest BCUT2D eigenvalue weighted by atomic mass is 35.5. The van der Waals surface area contributed by atoms with Crippen LogP contribution in [-0.2, 0) is 12.4 Å². The number of ether oxygens (including phenoxy) is 1. The van der Waals surface area contributed by atoms with Gasteiger partial charge in [0, 0.05) is 34.2 Å². The molecule has 1 N–H and O–H groups in total. The highest BCUT2D eigenvalue weighted by Crippen LogP contribution is 2.23. The number of benzene rings is 3. The molecule has 3 aromatic carbocycles. The maximum Gasteiger partial charge on any atom is 0.251 e. The third-order valence-electron chi connectivity index (χ3n) is 4.18. The van der Waals surface area contributed by atoms with Gasteiger partial charge in [-0.2, -0.15) is 11.8 Å². The summed E-state index contributed by atoms with van der Waals surface area (Å²) in [6.07, 6.45) is 0. The lowest BCUT2D eigenvalue weighted by atomic mass is 10.2. The molecule has 1 amide bonds. The van der Waals surface area contributed by atoms with Crippen molar-refractivity contribution >= 4 is 29.3 Å². The van der Waals surface area contributed by atoms with Gasteiger partial charge >= 0.3 is 0 Å². The van der Waals surface area contributed by atoms with Gasteiger partial charge in [0.05, 0.1) is 0 Å². The summed E-state index contributed by atoms with van der Waals surface area (Å²) < 4.78 is 19.5. The molecule has 0 saturated heterocycles. The van der Waals surface area contributed by atoms with Crippen LogP contribution in [0.15, 0.2) is 72.8 Å². The molecule has 0 unspecified atom stereocenters. The molecule has 0 aliphatic carbocycles. The molecule has 0 bridgehead atoms. The summed E-state index contributed by atoms with van der Waals surface area (Å²) in [7, 11) is 0. The van der Waals surface area contributed by atoms with Crippen molar-refractivity contribution in [3.8, 4) is 5.75 Å². The van der Waals surface area contributed by atoms with E-state index in [1.165, 1.54) is 17.8 Å². The number of rotatable bonds is 9. The molecule has 150 valence electrons. The molecule has 3 aromatic rings. The van der Waals surface area contributed by atoms with Crippen LogP contribution in [0.1, 0.15) is 21.5 Å². The van der Waals surface area contributed by atoms with Gasteiger partial charge in [-0.15, -0.1) is 0 Å². The standard InChI is InChI=1S/C23H21ClFNO2S/c24-21-10-5-11-22(25)20(21)16-29-13-12-26-23(27)18-8-4-9-19(14-18)28-15-17-6-2-1-3-7-17/h1-11,14H,12-13,15-16H2,(H,26,27). The summed E-state index contributed by atoms with van der Waals surface area (Å²) in [5, 5.41) is 3.30. The summed E-state index contributed by atoms with van der Waals surface area (Å²) in [5.74, 6) is 1.29. The normalized spacial score (nSPS) is 10.6. The third kappa shape index (κ3) is 6.51. The molecule has 0 heterocycles. The summed E-state index contributed by atoms with van der Waals surface area (Å²) in [4.78, 5) is 12.4. The SMILES string of the molecule is O=C(NCCSCc1c(F)cccc1Cl)c1cccc(OCc2ccccc2)c1. The average Bonchev–Trinajstić information content (AvgIpc) is 2.74. The number of carbonyl (C=O) groups excluding carboxylic acids is 1. The zero-order valence-corrected chi connectivity index (χ0v) is 17.3. The monoisotopic (exact) mass is 429 g/mol. The Bertz CT molecular complexity index is 932. The Hall–Kier alpha value is -2.50. The van der Waals surface area contributed by atoms with E-state index in [2.05, 4.69) is 5.32 Å². The number of hydrogen-bond donors (Lipinski definition) is 1. The fourth-order valence-corrected chi connectivity index (χ4v) is 3.85. The number of amides is 1. The van der Waals surface area contributed by atoms with E-state index >= 15 is 0 Å². The lowest BCUT2D eigenvalue weighted by molar-refractivity contribution is 0.0955. The van der Waals surface area contributed by atoms with Gasteiger partial charge in [0.2, 0.25) is 0 Å².